The van der Waals surface area contributed by atoms with E-state index in [1.54, 1.807) is 17.5 Å². The van der Waals surface area contributed by atoms with Crippen LogP contribution in [0.1, 0.15) is 9.67 Å². The van der Waals surface area contributed by atoms with Crippen LogP contribution in [-0.4, -0.2) is 11.1 Å². The minimum absolute atomic E-state index is 0. The number of carboxylic acid groups (broad SMARTS) is 1. The average Bonchev–Trinajstić information content (AvgIpc) is 2.12. The predicted octanol–water partition coefficient (Wildman–Crippen LogP) is -1.55. The Morgan fingerprint density at radius 3 is 2.56 bits per heavy atom. The summed E-state index contributed by atoms with van der Waals surface area (Å²) in [5.74, 6) is -0.847. The molecule has 0 aliphatic carbocycles. The molecule has 0 aromatic carbocycles. The van der Waals surface area contributed by atoms with E-state index >= 15 is 0 Å². The molecular weight excluding hydrogens is 147 g/mol. The Kier molecular flexibility index (Phi) is 4.14. The normalized spacial score (nSPS) is 8.00. The van der Waals surface area contributed by atoms with Gasteiger partial charge in [0.1, 0.15) is 4.88 Å². The van der Waals surface area contributed by atoms with Crippen LogP contribution in [0, 0.1) is 0 Å². The van der Waals surface area contributed by atoms with Crippen molar-refractivity contribution in [1.82, 2.24) is 0 Å². The Morgan fingerprint density at radius 2 is 2.33 bits per heavy atom. The zero-order valence-corrected chi connectivity index (χ0v) is 7.81. The largest absolute Gasteiger partial charge is 1.00 e. The summed E-state index contributed by atoms with van der Waals surface area (Å²) in [5.41, 5.74) is 0. The van der Waals surface area contributed by atoms with Crippen LogP contribution in [0.2, 0.25) is 0 Å². The van der Waals surface area contributed by atoms with Crippen LogP contribution in [0.5, 0.6) is 0 Å². The van der Waals surface area contributed by atoms with Gasteiger partial charge >= 0.3 is 35.5 Å². The standard InChI is InChI=1S/C5H4O2S.Na/c6-5(7)4-2-1-3-8-4;/h1-3H,(H,6,7);/q;+1. The number of carbonyl (C=O) groups is 1. The van der Waals surface area contributed by atoms with Crippen molar-refractivity contribution >= 4 is 17.3 Å². The summed E-state index contributed by atoms with van der Waals surface area (Å²) >= 11 is 1.23. The van der Waals surface area contributed by atoms with Crippen LogP contribution in [0.15, 0.2) is 17.5 Å². The van der Waals surface area contributed by atoms with Crippen LogP contribution >= 0.6 is 11.3 Å². The summed E-state index contributed by atoms with van der Waals surface area (Å²) in [4.78, 5) is 10.5. The molecule has 0 aliphatic rings. The second kappa shape index (κ2) is 4.06. The van der Waals surface area contributed by atoms with Crippen LogP contribution in [0.4, 0.5) is 0 Å². The van der Waals surface area contributed by atoms with Gasteiger partial charge in [0, 0.05) is 0 Å². The molecule has 1 N–H and O–H groups in total. The van der Waals surface area contributed by atoms with E-state index in [1.165, 1.54) is 11.3 Å². The number of carboxylic acids is 1. The molecule has 0 aliphatic heterocycles. The fourth-order valence-corrected chi connectivity index (χ4v) is 0.962. The molecule has 2 nitrogen and oxygen atoms in total. The average molecular weight is 151 g/mol. The molecule has 1 aromatic rings. The molecule has 0 amide bonds. The Hall–Kier alpha value is 0.170. The summed E-state index contributed by atoms with van der Waals surface area (Å²) in [5, 5.41) is 10.0. The first-order chi connectivity index (χ1) is 3.80. The second-order valence-electron chi connectivity index (χ2n) is 1.28. The Bertz CT molecular complexity index is 183. The van der Waals surface area contributed by atoms with Gasteiger partial charge in [-0.2, -0.15) is 0 Å². The van der Waals surface area contributed by atoms with Crippen LogP contribution < -0.4 is 29.6 Å². The van der Waals surface area contributed by atoms with E-state index < -0.39 is 5.97 Å². The van der Waals surface area contributed by atoms with Crippen molar-refractivity contribution < 1.29 is 39.5 Å². The second-order valence-corrected chi connectivity index (χ2v) is 2.23. The van der Waals surface area contributed by atoms with Crippen LogP contribution in [0.25, 0.3) is 0 Å². The van der Waals surface area contributed by atoms with E-state index in [9.17, 15) is 4.79 Å². The van der Waals surface area contributed by atoms with E-state index in [0.29, 0.717) is 4.88 Å². The van der Waals surface area contributed by atoms with Gasteiger partial charge in [-0.05, 0) is 11.4 Å². The molecule has 0 fully saturated rings. The minimum Gasteiger partial charge on any atom is -0.477 e. The van der Waals surface area contributed by atoms with E-state index in [0.717, 1.165) is 0 Å². The van der Waals surface area contributed by atoms with Crippen molar-refractivity contribution in [2.75, 3.05) is 0 Å². The maximum Gasteiger partial charge on any atom is 1.00 e. The molecule has 0 atom stereocenters. The van der Waals surface area contributed by atoms with Gasteiger partial charge in [0.15, 0.2) is 0 Å². The van der Waals surface area contributed by atoms with E-state index in [2.05, 4.69) is 0 Å². The van der Waals surface area contributed by atoms with Gasteiger partial charge in [0.05, 0.1) is 0 Å². The number of hydrogen-bond acceptors (Lipinski definition) is 2. The third kappa shape index (κ3) is 2.49. The molecule has 1 rings (SSSR count). The molecule has 42 valence electrons. The van der Waals surface area contributed by atoms with Gasteiger partial charge in [0.25, 0.3) is 0 Å². The maximum atomic E-state index is 10.1. The molecular formula is C5H4NaO2S+. The van der Waals surface area contributed by atoms with Crippen LogP contribution in [-0.2, 0) is 0 Å². The van der Waals surface area contributed by atoms with Gasteiger partial charge in [-0.3, -0.25) is 0 Å². The molecule has 0 radical (unpaired) electrons. The monoisotopic (exact) mass is 151 g/mol. The van der Waals surface area contributed by atoms with Gasteiger partial charge in [0.2, 0.25) is 0 Å². The summed E-state index contributed by atoms with van der Waals surface area (Å²) in [6, 6.07) is 3.29. The fourth-order valence-electron chi connectivity index (χ4n) is 0.400. The maximum absolute atomic E-state index is 10.1. The van der Waals surface area contributed by atoms with Crippen molar-refractivity contribution in [2.45, 2.75) is 0 Å². The molecule has 0 unspecified atom stereocenters. The first-order valence-electron chi connectivity index (χ1n) is 2.07. The number of hydrogen-bond donors (Lipinski definition) is 1. The fraction of sp³-hybridized carbons (Fsp3) is 0. The van der Waals surface area contributed by atoms with Crippen molar-refractivity contribution in [1.29, 1.82) is 0 Å². The molecule has 1 aromatic heterocycles. The molecule has 0 saturated heterocycles. The predicted molar refractivity (Wildman–Crippen MR) is 31.3 cm³/mol. The van der Waals surface area contributed by atoms with Gasteiger partial charge in [-0.15, -0.1) is 11.3 Å². The summed E-state index contributed by atoms with van der Waals surface area (Å²) in [6.45, 7) is 0. The Labute approximate surface area is 78.8 Å². The van der Waals surface area contributed by atoms with Crippen molar-refractivity contribution in [2.24, 2.45) is 0 Å². The SMILES string of the molecule is O=C(O)c1cccs1.[Na+]. The quantitative estimate of drug-likeness (QED) is 0.493. The molecule has 0 bridgehead atoms. The van der Waals surface area contributed by atoms with E-state index in [-0.39, 0.29) is 29.6 Å². The van der Waals surface area contributed by atoms with Crippen molar-refractivity contribution in [3.63, 3.8) is 0 Å². The summed E-state index contributed by atoms with van der Waals surface area (Å²) in [6.07, 6.45) is 0. The topological polar surface area (TPSA) is 37.3 Å². The Morgan fingerprint density at radius 1 is 1.67 bits per heavy atom. The molecule has 9 heavy (non-hydrogen) atoms. The van der Waals surface area contributed by atoms with Crippen molar-refractivity contribution in [3.8, 4) is 0 Å². The van der Waals surface area contributed by atoms with Gasteiger partial charge < -0.3 is 5.11 Å². The molecule has 0 spiro atoms. The summed E-state index contributed by atoms with van der Waals surface area (Å²) < 4.78 is 0. The van der Waals surface area contributed by atoms with Crippen molar-refractivity contribution in [3.05, 3.63) is 22.4 Å². The van der Waals surface area contributed by atoms with Gasteiger partial charge in [-0.25, -0.2) is 4.79 Å². The third-order valence-electron chi connectivity index (χ3n) is 0.732. The van der Waals surface area contributed by atoms with E-state index in [1.807, 2.05) is 0 Å². The van der Waals surface area contributed by atoms with Crippen LogP contribution in [0.3, 0.4) is 0 Å². The molecule has 0 saturated carbocycles. The molecule has 1 heterocycles. The number of rotatable bonds is 1. The third-order valence-corrected chi connectivity index (χ3v) is 1.59. The van der Waals surface area contributed by atoms with E-state index in [4.69, 9.17) is 5.11 Å². The molecule has 4 heteroatoms. The smallest absolute Gasteiger partial charge is 0.477 e. The summed E-state index contributed by atoms with van der Waals surface area (Å²) in [7, 11) is 0. The zero-order valence-electron chi connectivity index (χ0n) is 5.00. The minimum atomic E-state index is -0.847. The first kappa shape index (κ1) is 9.17. The van der Waals surface area contributed by atoms with Gasteiger partial charge in [-0.1, -0.05) is 6.07 Å². The number of aromatic carboxylic acids is 1. The zero-order chi connectivity index (χ0) is 5.98. The number of thiophene rings is 1. The Balaban J connectivity index is 0.000000640. The first-order valence-corrected chi connectivity index (χ1v) is 2.95.